The second kappa shape index (κ2) is 6.10. The lowest BCUT2D eigenvalue weighted by molar-refractivity contribution is 0.554. The van der Waals surface area contributed by atoms with E-state index in [-0.39, 0.29) is 0 Å². The summed E-state index contributed by atoms with van der Waals surface area (Å²) in [5, 5.41) is 9.88. The third-order valence-electron chi connectivity index (χ3n) is 3.39. The van der Waals surface area contributed by atoms with Gasteiger partial charge in [0.25, 0.3) is 0 Å². The summed E-state index contributed by atoms with van der Waals surface area (Å²) in [5.41, 5.74) is 2.13. The van der Waals surface area contributed by atoms with Crippen LogP contribution in [0.4, 0.5) is 5.69 Å². The number of thiophene rings is 1. The monoisotopic (exact) mass is 298 g/mol. The van der Waals surface area contributed by atoms with E-state index in [2.05, 4.69) is 58.9 Å². The summed E-state index contributed by atoms with van der Waals surface area (Å²) in [6.07, 6.45) is 3.24. The first kappa shape index (κ1) is 13.8. The zero-order chi connectivity index (χ0) is 14.7. The van der Waals surface area contributed by atoms with Gasteiger partial charge in [0.15, 0.2) is 0 Å². The molecule has 0 bridgehead atoms. The number of nitrogens with zero attached hydrogens (tertiary/aromatic N) is 3. The third-order valence-corrected chi connectivity index (χ3v) is 4.34. The molecule has 1 aromatic carbocycles. The van der Waals surface area contributed by atoms with Crippen LogP contribution < -0.4 is 5.32 Å². The highest BCUT2D eigenvalue weighted by atomic mass is 32.1. The molecule has 3 aromatic rings. The predicted octanol–water partition coefficient (Wildman–Crippen LogP) is 4.14. The van der Waals surface area contributed by atoms with Crippen molar-refractivity contribution in [3.05, 3.63) is 59.3 Å². The second-order valence-corrected chi connectivity index (χ2v) is 6.25. The molecule has 0 fully saturated rings. The van der Waals surface area contributed by atoms with Crippen LogP contribution in [0.5, 0.6) is 0 Å². The SMILES string of the molecule is CC(C)C(Nc1ccc(-n2cncn2)cc1)c1cccs1. The van der Waals surface area contributed by atoms with E-state index in [0.29, 0.717) is 12.0 Å². The van der Waals surface area contributed by atoms with Gasteiger partial charge in [0.05, 0.1) is 11.7 Å². The molecule has 0 aliphatic rings. The predicted molar refractivity (Wildman–Crippen MR) is 86.9 cm³/mol. The van der Waals surface area contributed by atoms with Crippen LogP contribution in [-0.2, 0) is 0 Å². The zero-order valence-corrected chi connectivity index (χ0v) is 12.9. The van der Waals surface area contributed by atoms with Crippen LogP contribution in [0.25, 0.3) is 5.69 Å². The molecule has 0 radical (unpaired) electrons. The summed E-state index contributed by atoms with van der Waals surface area (Å²) >= 11 is 1.79. The Balaban J connectivity index is 1.78. The topological polar surface area (TPSA) is 42.7 Å². The Bertz CT molecular complexity index is 657. The van der Waals surface area contributed by atoms with Crippen molar-refractivity contribution in [3.63, 3.8) is 0 Å². The van der Waals surface area contributed by atoms with Gasteiger partial charge < -0.3 is 5.32 Å². The molecule has 0 amide bonds. The maximum absolute atomic E-state index is 4.13. The Morgan fingerprint density at radius 1 is 1.14 bits per heavy atom. The van der Waals surface area contributed by atoms with E-state index in [1.54, 1.807) is 22.3 Å². The highest BCUT2D eigenvalue weighted by molar-refractivity contribution is 7.10. The number of rotatable bonds is 5. The van der Waals surface area contributed by atoms with Crippen molar-refractivity contribution in [2.75, 3.05) is 5.32 Å². The third kappa shape index (κ3) is 3.13. The molecular formula is C16H18N4S. The first-order chi connectivity index (χ1) is 10.2. The van der Waals surface area contributed by atoms with E-state index in [4.69, 9.17) is 0 Å². The lowest BCUT2D eigenvalue weighted by Gasteiger charge is -2.22. The molecular weight excluding hydrogens is 280 g/mol. The van der Waals surface area contributed by atoms with Gasteiger partial charge in [0.2, 0.25) is 0 Å². The number of aromatic nitrogens is 3. The maximum Gasteiger partial charge on any atom is 0.138 e. The summed E-state index contributed by atoms with van der Waals surface area (Å²) in [6, 6.07) is 12.9. The highest BCUT2D eigenvalue weighted by Gasteiger charge is 2.16. The second-order valence-electron chi connectivity index (χ2n) is 5.27. The maximum atomic E-state index is 4.13. The lowest BCUT2D eigenvalue weighted by atomic mass is 10.0. The van der Waals surface area contributed by atoms with E-state index in [0.717, 1.165) is 11.4 Å². The lowest BCUT2D eigenvalue weighted by Crippen LogP contribution is -2.15. The molecule has 108 valence electrons. The van der Waals surface area contributed by atoms with E-state index in [1.807, 2.05) is 12.1 Å². The molecule has 0 aliphatic heterocycles. The van der Waals surface area contributed by atoms with Crippen molar-refractivity contribution in [2.45, 2.75) is 19.9 Å². The largest absolute Gasteiger partial charge is 0.377 e. The van der Waals surface area contributed by atoms with Crippen LogP contribution in [0.15, 0.2) is 54.4 Å². The van der Waals surface area contributed by atoms with Gasteiger partial charge in [0, 0.05) is 10.6 Å². The Labute approximate surface area is 128 Å². The van der Waals surface area contributed by atoms with E-state index in [9.17, 15) is 0 Å². The molecule has 21 heavy (non-hydrogen) atoms. The number of benzene rings is 1. The summed E-state index contributed by atoms with van der Waals surface area (Å²) < 4.78 is 1.75. The highest BCUT2D eigenvalue weighted by Crippen LogP contribution is 2.29. The van der Waals surface area contributed by atoms with Gasteiger partial charge in [-0.1, -0.05) is 19.9 Å². The molecule has 0 aliphatic carbocycles. The van der Waals surface area contributed by atoms with Crippen molar-refractivity contribution in [2.24, 2.45) is 5.92 Å². The van der Waals surface area contributed by atoms with Crippen LogP contribution in [0, 0.1) is 5.92 Å². The summed E-state index contributed by atoms with van der Waals surface area (Å²) in [4.78, 5) is 5.33. The van der Waals surface area contributed by atoms with Crippen LogP contribution in [-0.4, -0.2) is 14.8 Å². The van der Waals surface area contributed by atoms with Gasteiger partial charge in [-0.25, -0.2) is 9.67 Å². The number of nitrogens with one attached hydrogen (secondary N) is 1. The fraction of sp³-hybridized carbons (Fsp3) is 0.250. The Hall–Kier alpha value is -2.14. The first-order valence-corrected chi connectivity index (χ1v) is 7.87. The number of hydrogen-bond acceptors (Lipinski definition) is 4. The smallest absolute Gasteiger partial charge is 0.138 e. The molecule has 1 N–H and O–H groups in total. The van der Waals surface area contributed by atoms with Crippen molar-refractivity contribution in [1.82, 2.24) is 14.8 Å². The minimum Gasteiger partial charge on any atom is -0.377 e. The molecule has 0 saturated carbocycles. The van der Waals surface area contributed by atoms with E-state index < -0.39 is 0 Å². The first-order valence-electron chi connectivity index (χ1n) is 6.99. The Kier molecular flexibility index (Phi) is 4.01. The minimum atomic E-state index is 0.335. The van der Waals surface area contributed by atoms with Crippen LogP contribution in [0.1, 0.15) is 24.8 Å². The van der Waals surface area contributed by atoms with Crippen LogP contribution >= 0.6 is 11.3 Å². The summed E-state index contributed by atoms with van der Waals surface area (Å²) in [7, 11) is 0. The zero-order valence-electron chi connectivity index (χ0n) is 12.1. The van der Waals surface area contributed by atoms with Crippen LogP contribution in [0.2, 0.25) is 0 Å². The average Bonchev–Trinajstić information content (AvgIpc) is 3.18. The molecule has 3 rings (SSSR count). The molecule has 5 heteroatoms. The van der Waals surface area contributed by atoms with Gasteiger partial charge in [-0.3, -0.25) is 0 Å². The molecule has 1 unspecified atom stereocenters. The average molecular weight is 298 g/mol. The van der Waals surface area contributed by atoms with Crippen molar-refractivity contribution >= 4 is 17.0 Å². The quantitative estimate of drug-likeness (QED) is 0.770. The Morgan fingerprint density at radius 2 is 1.95 bits per heavy atom. The van der Waals surface area contributed by atoms with Gasteiger partial charge in [-0.05, 0) is 41.6 Å². The molecule has 2 aromatic heterocycles. The molecule has 1 atom stereocenters. The fourth-order valence-corrected chi connectivity index (χ4v) is 3.22. The van der Waals surface area contributed by atoms with Crippen molar-refractivity contribution in [3.8, 4) is 5.69 Å². The van der Waals surface area contributed by atoms with Crippen molar-refractivity contribution in [1.29, 1.82) is 0 Å². The molecule has 0 saturated heterocycles. The normalized spacial score (nSPS) is 12.5. The molecule has 0 spiro atoms. The standard InChI is InChI=1S/C16H18N4S/c1-12(2)16(15-4-3-9-21-15)19-13-5-7-14(8-6-13)20-11-17-10-18-20/h3-12,16,19H,1-2H3. The number of anilines is 1. The van der Waals surface area contributed by atoms with Crippen LogP contribution in [0.3, 0.4) is 0 Å². The minimum absolute atomic E-state index is 0.335. The van der Waals surface area contributed by atoms with Gasteiger partial charge in [-0.15, -0.1) is 11.3 Å². The van der Waals surface area contributed by atoms with Crippen molar-refractivity contribution < 1.29 is 0 Å². The van der Waals surface area contributed by atoms with Gasteiger partial charge >= 0.3 is 0 Å². The van der Waals surface area contributed by atoms with E-state index >= 15 is 0 Å². The fourth-order valence-electron chi connectivity index (χ4n) is 2.27. The van der Waals surface area contributed by atoms with E-state index in [1.165, 1.54) is 11.2 Å². The molecule has 4 nitrogen and oxygen atoms in total. The Morgan fingerprint density at radius 3 is 2.52 bits per heavy atom. The summed E-state index contributed by atoms with van der Waals surface area (Å²) in [5.74, 6) is 0.527. The van der Waals surface area contributed by atoms with Gasteiger partial charge in [-0.2, -0.15) is 5.10 Å². The number of hydrogen-bond donors (Lipinski definition) is 1. The molecule has 2 heterocycles. The summed E-state index contributed by atoms with van der Waals surface area (Å²) in [6.45, 7) is 4.47. The van der Waals surface area contributed by atoms with Gasteiger partial charge in [0.1, 0.15) is 12.7 Å².